The normalized spacial score (nSPS) is 26.1. The van der Waals surface area contributed by atoms with Crippen LogP contribution in [-0.4, -0.2) is 360 Å². The molecule has 100 heavy (non-hydrogen) atoms. The highest BCUT2D eigenvalue weighted by atomic mass is 16.7. The van der Waals surface area contributed by atoms with Crippen molar-refractivity contribution in [3.05, 3.63) is 0 Å². The van der Waals surface area contributed by atoms with E-state index in [2.05, 4.69) is 21.3 Å². The topological polar surface area (TPSA) is 481 Å². The second-order valence-corrected chi connectivity index (χ2v) is 24.7. The first-order valence-corrected chi connectivity index (χ1v) is 35.3. The van der Waals surface area contributed by atoms with Gasteiger partial charge in [0.2, 0.25) is 23.6 Å². The van der Waals surface area contributed by atoms with Gasteiger partial charge >= 0.3 is 0 Å². The molecule has 3 fully saturated rings. The number of hydrogen-bond acceptors (Lipinski definition) is 31. The minimum absolute atomic E-state index is 0.00260. The van der Waals surface area contributed by atoms with Gasteiger partial charge in [-0.05, 0) is 12.8 Å². The molecule has 35 nitrogen and oxygen atoms in total. The molecule has 15 atom stereocenters. The maximum Gasteiger partial charge on any atom is 0.222 e. The van der Waals surface area contributed by atoms with Crippen LogP contribution in [0.2, 0.25) is 0 Å². The lowest BCUT2D eigenvalue weighted by atomic mass is 9.92. The van der Waals surface area contributed by atoms with Crippen LogP contribution >= 0.6 is 0 Å². The van der Waals surface area contributed by atoms with Gasteiger partial charge in [0, 0.05) is 76.2 Å². The van der Waals surface area contributed by atoms with Crippen LogP contribution in [0, 0.1) is 17.8 Å². The lowest BCUT2D eigenvalue weighted by molar-refractivity contribution is -0.284. The Hall–Kier alpha value is -3.20. The number of aliphatic hydroxyl groups excluding tert-OH is 9. The van der Waals surface area contributed by atoms with Gasteiger partial charge < -0.3 is 153 Å². The molecule has 0 aromatic carbocycles. The van der Waals surface area contributed by atoms with E-state index in [0.717, 1.165) is 38.5 Å². The third-order valence-electron chi connectivity index (χ3n) is 16.5. The zero-order chi connectivity index (χ0) is 73.0. The Morgan fingerprint density at radius 1 is 0.340 bits per heavy atom. The number of ether oxygens (including phenoxy) is 17. The Morgan fingerprint density at radius 3 is 1.00 bits per heavy atom. The Labute approximate surface area is 587 Å². The van der Waals surface area contributed by atoms with Gasteiger partial charge in [0.25, 0.3) is 0 Å². The van der Waals surface area contributed by atoms with E-state index >= 15 is 0 Å². The highest BCUT2D eigenvalue weighted by Crippen LogP contribution is 2.29. The predicted molar refractivity (Wildman–Crippen MR) is 353 cm³/mol. The molecule has 0 bridgehead atoms. The zero-order valence-electron chi connectivity index (χ0n) is 59.0. The quantitative estimate of drug-likeness (QED) is 0.0255. The average Bonchev–Trinajstić information content (AvgIpc) is 0.857. The number of carbonyl (C=O) groups is 4. The summed E-state index contributed by atoms with van der Waals surface area (Å²) in [6.07, 6.45) is -7.26. The monoisotopic (exact) mass is 1450 g/mol. The molecule has 15 N–H and O–H groups in total. The number of nitrogens with two attached hydrogens (primary N) is 1. The first-order valence-electron chi connectivity index (χ1n) is 35.3. The summed E-state index contributed by atoms with van der Waals surface area (Å²) in [5.74, 6) is -2.89. The summed E-state index contributed by atoms with van der Waals surface area (Å²) in [5, 5.41) is 101. The van der Waals surface area contributed by atoms with Crippen LogP contribution in [0.3, 0.4) is 0 Å². The number of carbonyl (C=O) groups excluding carboxylic acids is 4. The standard InChI is InChI=1S/C65H123N5O30/c1-46-56(78)59(81)49(40-71)98-62(46)95-18-9-7-5-4-6-8-15-67-52(74)10-20-92-43-65(70-55(77)13-19-84-26-30-88-34-35-89-31-27-85-23-14-66,44-93-21-11-53(75)68-16-24-86-28-32-90-36-38-96-63-47(2)57(79)60(82)50(41-72)99-63)45-94-22-12-54(76)69-17-25-87-29-33-91-37-39-97-64-48(3)58(80)61(83)51(42-73)100-64/h46-51,56-64,71-73,78-83H,4-45,66H2,1-3H3,(H,67,74)(H,68,75)(H,69,76)(H,70,77). The highest BCUT2D eigenvalue weighted by molar-refractivity contribution is 5.77. The van der Waals surface area contributed by atoms with Crippen LogP contribution in [-0.2, 0) is 99.7 Å². The van der Waals surface area contributed by atoms with Gasteiger partial charge in [-0.25, -0.2) is 0 Å². The molecule has 0 spiro atoms. The summed E-state index contributed by atoms with van der Waals surface area (Å²) in [4.78, 5) is 52.6. The molecule has 4 amide bonds. The summed E-state index contributed by atoms with van der Waals surface area (Å²) in [5.41, 5.74) is 4.04. The number of aliphatic hydroxyl groups is 9. The maximum absolute atomic E-state index is 13.7. The molecule has 3 saturated heterocycles. The van der Waals surface area contributed by atoms with Gasteiger partial charge in [-0.2, -0.15) is 0 Å². The van der Waals surface area contributed by atoms with E-state index in [-0.39, 0.29) is 182 Å². The van der Waals surface area contributed by atoms with Crippen LogP contribution in [0.15, 0.2) is 0 Å². The van der Waals surface area contributed by atoms with Crippen molar-refractivity contribution in [2.24, 2.45) is 23.5 Å². The van der Waals surface area contributed by atoms with Gasteiger partial charge in [-0.1, -0.05) is 46.5 Å². The van der Waals surface area contributed by atoms with Crippen LogP contribution in [0.5, 0.6) is 0 Å². The van der Waals surface area contributed by atoms with Crippen LogP contribution in [0.1, 0.15) is 85.0 Å². The fourth-order valence-electron chi connectivity index (χ4n) is 10.4. The lowest BCUT2D eigenvalue weighted by Gasteiger charge is -2.40. The molecule has 0 aliphatic carbocycles. The molecule has 3 heterocycles. The average molecular weight is 1450 g/mol. The molecular formula is C65H123N5O30. The van der Waals surface area contributed by atoms with Gasteiger partial charge in [-0.3, -0.25) is 19.2 Å². The maximum atomic E-state index is 13.7. The van der Waals surface area contributed by atoms with Crippen molar-refractivity contribution >= 4 is 23.6 Å². The van der Waals surface area contributed by atoms with Crippen molar-refractivity contribution in [2.45, 2.75) is 164 Å². The molecule has 3 rings (SSSR count). The number of hydrogen-bond donors (Lipinski definition) is 14. The summed E-state index contributed by atoms with van der Waals surface area (Å²) < 4.78 is 96.3. The van der Waals surface area contributed by atoms with E-state index in [1.165, 1.54) is 0 Å². The Kier molecular flexibility index (Phi) is 52.0. The molecule has 0 aromatic heterocycles. The third-order valence-corrected chi connectivity index (χ3v) is 16.5. The Morgan fingerprint density at radius 2 is 0.630 bits per heavy atom. The number of rotatable bonds is 63. The van der Waals surface area contributed by atoms with Gasteiger partial charge in [0.15, 0.2) is 18.9 Å². The first kappa shape index (κ1) is 91.0. The molecule has 35 heteroatoms. The van der Waals surface area contributed by atoms with Crippen molar-refractivity contribution in [2.75, 3.05) is 211 Å². The van der Waals surface area contributed by atoms with Crippen LogP contribution in [0.25, 0.3) is 0 Å². The van der Waals surface area contributed by atoms with Gasteiger partial charge in [0.1, 0.15) is 42.2 Å². The fourth-order valence-corrected chi connectivity index (χ4v) is 10.4. The van der Waals surface area contributed by atoms with E-state index in [1.807, 2.05) is 0 Å². The summed E-state index contributed by atoms with van der Waals surface area (Å²) in [6, 6.07) is 0. The second-order valence-electron chi connectivity index (χ2n) is 24.7. The molecule has 0 radical (unpaired) electrons. The first-order chi connectivity index (χ1) is 48.4. The molecule has 0 aromatic rings. The fraction of sp³-hybridized carbons (Fsp3) is 0.938. The summed E-state index contributed by atoms with van der Waals surface area (Å²) in [6.45, 7) is 8.84. The minimum atomic E-state index is -1.39. The number of nitrogens with one attached hydrogen (secondary N) is 4. The van der Waals surface area contributed by atoms with Crippen molar-refractivity contribution in [1.29, 1.82) is 0 Å². The largest absolute Gasteiger partial charge is 0.394 e. The van der Waals surface area contributed by atoms with Crippen LogP contribution in [0.4, 0.5) is 0 Å². The molecule has 3 aliphatic heterocycles. The third kappa shape index (κ3) is 39.2. The molecular weight excluding hydrogens is 1330 g/mol. The van der Waals surface area contributed by atoms with Gasteiger partial charge in [0.05, 0.1) is 197 Å². The molecule has 3 aliphatic rings. The highest BCUT2D eigenvalue weighted by Gasteiger charge is 2.45. The van der Waals surface area contributed by atoms with Crippen molar-refractivity contribution < 1.29 is 146 Å². The molecule has 588 valence electrons. The Bertz CT molecular complexity index is 1870. The predicted octanol–water partition coefficient (Wildman–Crippen LogP) is -4.49. The number of amides is 4. The zero-order valence-corrected chi connectivity index (χ0v) is 59.0. The molecule has 0 saturated carbocycles. The van der Waals surface area contributed by atoms with E-state index in [1.54, 1.807) is 20.8 Å². The van der Waals surface area contributed by atoms with E-state index in [4.69, 9.17) is 86.3 Å². The smallest absolute Gasteiger partial charge is 0.222 e. The lowest BCUT2D eigenvalue weighted by Crippen LogP contribution is -2.59. The van der Waals surface area contributed by atoms with Crippen molar-refractivity contribution in [3.63, 3.8) is 0 Å². The van der Waals surface area contributed by atoms with Crippen molar-refractivity contribution in [3.8, 4) is 0 Å². The summed E-state index contributed by atoms with van der Waals surface area (Å²) >= 11 is 0. The van der Waals surface area contributed by atoms with E-state index < -0.39 is 123 Å². The SMILES string of the molecule is CC1C(OCCCCCCCCNC(=O)CCOCC(COCCC(=O)NCCOCCOCCOC2OC(CO)C(O)C(O)C2C)(COCCC(=O)NCCOCCOCCOC2OC(CO)C(O)C(O)C2C)NC(=O)CCOCCOCCOCCOCCN)OC(CO)C(O)C1O. The molecule has 15 unspecified atom stereocenters. The minimum Gasteiger partial charge on any atom is -0.394 e. The van der Waals surface area contributed by atoms with Crippen molar-refractivity contribution in [1.82, 2.24) is 21.3 Å². The van der Waals surface area contributed by atoms with Crippen LogP contribution < -0.4 is 27.0 Å². The Balaban J connectivity index is 1.49. The van der Waals surface area contributed by atoms with Gasteiger partial charge in [-0.15, -0.1) is 0 Å². The summed E-state index contributed by atoms with van der Waals surface area (Å²) in [7, 11) is 0. The second kappa shape index (κ2) is 57.1. The number of unbranched alkanes of at least 4 members (excludes halogenated alkanes) is 5. The van der Waals surface area contributed by atoms with E-state index in [9.17, 15) is 65.1 Å². The van der Waals surface area contributed by atoms with E-state index in [0.29, 0.717) is 52.7 Å².